The van der Waals surface area contributed by atoms with Gasteiger partial charge in [-0.2, -0.15) is 10.5 Å². The third-order valence-corrected chi connectivity index (χ3v) is 6.34. The Kier molecular flexibility index (Phi) is 5.06. The van der Waals surface area contributed by atoms with Crippen LogP contribution in [0.4, 0.5) is 11.4 Å². The van der Waals surface area contributed by atoms with Crippen LogP contribution in [0.15, 0.2) is 18.2 Å². The van der Waals surface area contributed by atoms with Gasteiger partial charge in [-0.1, -0.05) is 13.8 Å². The molecule has 2 saturated carbocycles. The van der Waals surface area contributed by atoms with E-state index in [9.17, 15) is 25.6 Å². The van der Waals surface area contributed by atoms with Crippen molar-refractivity contribution in [2.45, 2.75) is 45.3 Å². The van der Waals surface area contributed by atoms with E-state index >= 15 is 0 Å². The molecule has 0 spiro atoms. The summed E-state index contributed by atoms with van der Waals surface area (Å²) in [6, 6.07) is 3.28. The number of fused-ring (bicyclic) bond motifs is 1. The molecule has 9 nitrogen and oxygen atoms in total. The molecular formula is C18H26N2O7. The number of esters is 1. The van der Waals surface area contributed by atoms with Crippen molar-refractivity contribution in [3.63, 3.8) is 0 Å². The molecule has 0 heterocycles. The minimum absolute atomic E-state index is 0.0967. The van der Waals surface area contributed by atoms with Gasteiger partial charge in [-0.25, -0.2) is 15.2 Å². The number of quaternary nitrogens is 2. The van der Waals surface area contributed by atoms with Crippen LogP contribution < -0.4 is 10.5 Å². The molecule has 0 bridgehead atoms. The summed E-state index contributed by atoms with van der Waals surface area (Å²) >= 11 is 0. The van der Waals surface area contributed by atoms with Crippen LogP contribution in [0.25, 0.3) is 0 Å². The maximum atomic E-state index is 12.7. The maximum Gasteiger partial charge on any atom is 0.339 e. The Morgan fingerprint density at radius 1 is 1.11 bits per heavy atom. The smallest absolute Gasteiger partial charge is 0.339 e. The Labute approximate surface area is 157 Å². The molecule has 0 radical (unpaired) electrons. The number of nitrogens with one attached hydrogen (secondary N) is 2. The highest BCUT2D eigenvalue weighted by Gasteiger charge is 2.65. The minimum Gasteiger partial charge on any atom is -0.595 e. The molecular weight excluding hydrogens is 356 g/mol. The van der Waals surface area contributed by atoms with Gasteiger partial charge in [-0.3, -0.25) is 0 Å². The molecule has 0 aromatic heterocycles. The largest absolute Gasteiger partial charge is 0.595 e. The second-order valence-corrected chi connectivity index (χ2v) is 8.31. The van der Waals surface area contributed by atoms with E-state index in [0.717, 1.165) is 24.6 Å². The molecule has 2 aliphatic carbocycles. The number of benzene rings is 1. The van der Waals surface area contributed by atoms with Gasteiger partial charge in [0.1, 0.15) is 5.60 Å². The average Bonchev–Trinajstić information content (AvgIpc) is 3.11. The highest BCUT2D eigenvalue weighted by atomic mass is 16.8. The van der Waals surface area contributed by atoms with Gasteiger partial charge in [0.05, 0.1) is 17.7 Å². The normalized spacial score (nSPS) is 33.7. The summed E-state index contributed by atoms with van der Waals surface area (Å²) in [5, 5.41) is 38.3. The van der Waals surface area contributed by atoms with Gasteiger partial charge in [-0.05, 0) is 37.0 Å². The van der Waals surface area contributed by atoms with Crippen molar-refractivity contribution in [2.75, 3.05) is 7.11 Å². The minimum atomic E-state index is -1.31. The fraction of sp³-hybridized carbons (Fsp3) is 0.611. The summed E-state index contributed by atoms with van der Waals surface area (Å²) in [7, 11) is 1.58. The van der Waals surface area contributed by atoms with Crippen molar-refractivity contribution in [1.29, 1.82) is 0 Å². The Balaban J connectivity index is 1.86. The SMILES string of the molecule is CO[C@@H]1C[C@@H]2[C@H](C[C@@]1(C)OC(=O)c1cc([NH+]([O-])O)cc([NH+]([O-])O)c1)C2(C)C. The third-order valence-electron chi connectivity index (χ3n) is 6.34. The molecule has 3 rings (SSSR count). The van der Waals surface area contributed by atoms with Crippen molar-refractivity contribution >= 4 is 17.3 Å². The molecule has 0 amide bonds. The fourth-order valence-corrected chi connectivity index (χ4v) is 4.49. The van der Waals surface area contributed by atoms with E-state index in [4.69, 9.17) is 9.47 Å². The average molecular weight is 382 g/mol. The van der Waals surface area contributed by atoms with Crippen LogP contribution in [0.1, 0.15) is 44.0 Å². The lowest BCUT2D eigenvalue weighted by Gasteiger charge is -2.39. The Hall–Kier alpha value is -1.59. The highest BCUT2D eigenvalue weighted by molar-refractivity contribution is 5.91. The van der Waals surface area contributed by atoms with Gasteiger partial charge < -0.3 is 19.9 Å². The van der Waals surface area contributed by atoms with Crippen LogP contribution in [0.5, 0.6) is 0 Å². The van der Waals surface area contributed by atoms with E-state index in [1.165, 1.54) is 0 Å². The zero-order valence-corrected chi connectivity index (χ0v) is 15.8. The topological polar surface area (TPSA) is 131 Å². The van der Waals surface area contributed by atoms with E-state index in [1.807, 2.05) is 6.92 Å². The summed E-state index contributed by atoms with van der Waals surface area (Å²) in [5.74, 6) is 0.215. The number of methoxy groups -OCH3 is 1. The van der Waals surface area contributed by atoms with E-state index in [0.29, 0.717) is 18.3 Å². The molecule has 27 heavy (non-hydrogen) atoms. The Bertz CT molecular complexity index is 710. The predicted molar refractivity (Wildman–Crippen MR) is 92.6 cm³/mol. The highest BCUT2D eigenvalue weighted by Crippen LogP contribution is 2.67. The lowest BCUT2D eigenvalue weighted by Crippen LogP contribution is -3.00. The van der Waals surface area contributed by atoms with Crippen molar-refractivity contribution in [1.82, 2.24) is 0 Å². The number of hydrogen-bond acceptors (Lipinski definition) is 7. The van der Waals surface area contributed by atoms with E-state index in [1.54, 1.807) is 7.11 Å². The van der Waals surface area contributed by atoms with Crippen LogP contribution in [-0.4, -0.2) is 35.2 Å². The monoisotopic (exact) mass is 382 g/mol. The van der Waals surface area contributed by atoms with Crippen molar-refractivity contribution in [2.24, 2.45) is 17.3 Å². The fourth-order valence-electron chi connectivity index (χ4n) is 4.49. The number of carbonyl (C=O) groups is 1. The Morgan fingerprint density at radius 2 is 1.67 bits per heavy atom. The molecule has 2 aliphatic rings. The lowest BCUT2D eigenvalue weighted by molar-refractivity contribution is -0.996. The van der Waals surface area contributed by atoms with Gasteiger partial charge in [0.2, 0.25) is 0 Å². The molecule has 4 N–H and O–H groups in total. The number of carbonyl (C=O) groups excluding carboxylic acids is 1. The lowest BCUT2D eigenvalue weighted by atomic mass is 9.83. The zero-order valence-electron chi connectivity index (χ0n) is 15.8. The number of ether oxygens (including phenoxy) is 2. The summed E-state index contributed by atoms with van der Waals surface area (Å²) in [6.45, 7) is 6.21. The first-order chi connectivity index (χ1) is 12.5. The van der Waals surface area contributed by atoms with Gasteiger partial charge in [0.15, 0.2) is 11.4 Å². The van der Waals surface area contributed by atoms with Crippen LogP contribution in [0.2, 0.25) is 0 Å². The van der Waals surface area contributed by atoms with Gasteiger partial charge in [0, 0.05) is 19.2 Å². The third kappa shape index (κ3) is 3.59. The van der Waals surface area contributed by atoms with Crippen molar-refractivity contribution < 1.29 is 35.1 Å². The molecule has 150 valence electrons. The molecule has 2 unspecified atom stereocenters. The molecule has 0 saturated heterocycles. The summed E-state index contributed by atoms with van der Waals surface area (Å²) in [6.07, 6.45) is 1.17. The Morgan fingerprint density at radius 3 is 2.15 bits per heavy atom. The maximum absolute atomic E-state index is 12.7. The van der Waals surface area contributed by atoms with Crippen LogP contribution in [0.3, 0.4) is 0 Å². The van der Waals surface area contributed by atoms with E-state index in [-0.39, 0.29) is 28.5 Å². The van der Waals surface area contributed by atoms with E-state index in [2.05, 4.69) is 13.8 Å². The van der Waals surface area contributed by atoms with Gasteiger partial charge >= 0.3 is 5.97 Å². The van der Waals surface area contributed by atoms with Gasteiger partial charge in [-0.15, -0.1) is 0 Å². The van der Waals surface area contributed by atoms with Crippen molar-refractivity contribution in [3.8, 4) is 0 Å². The standard InChI is InChI=1S/C18H26N2O7/c1-17(2)13-8-15(26-4)18(3,9-14(13)17)27-16(21)10-5-11(19(22)23)7-12(6-10)20(24)25/h5-7,13-15,19-20,22,24H,8-9H2,1-4H3/t13-,14+,15-,18-/m1/s1. The molecule has 2 fully saturated rings. The summed E-state index contributed by atoms with van der Waals surface area (Å²) in [5.41, 5.74) is -1.32. The number of hydrogen-bond donors (Lipinski definition) is 4. The van der Waals surface area contributed by atoms with E-state index < -0.39 is 22.0 Å². The first kappa shape index (κ1) is 20.2. The molecule has 9 heteroatoms. The first-order valence-electron chi connectivity index (χ1n) is 8.87. The first-order valence-corrected chi connectivity index (χ1v) is 8.87. The molecule has 0 aliphatic heterocycles. The second-order valence-electron chi connectivity index (χ2n) is 8.31. The quantitative estimate of drug-likeness (QED) is 0.430. The summed E-state index contributed by atoms with van der Waals surface area (Å²) in [4.78, 5) is 12.7. The zero-order chi connectivity index (χ0) is 20.1. The van der Waals surface area contributed by atoms with Crippen LogP contribution in [0, 0.1) is 27.7 Å². The summed E-state index contributed by atoms with van der Waals surface area (Å²) < 4.78 is 11.4. The second kappa shape index (κ2) is 6.78. The van der Waals surface area contributed by atoms with Gasteiger partial charge in [0.25, 0.3) is 0 Å². The van der Waals surface area contributed by atoms with Crippen LogP contribution >= 0.6 is 0 Å². The van der Waals surface area contributed by atoms with Crippen molar-refractivity contribution in [3.05, 3.63) is 34.2 Å². The van der Waals surface area contributed by atoms with Crippen LogP contribution in [-0.2, 0) is 9.47 Å². The predicted octanol–water partition coefficient (Wildman–Crippen LogP) is 0.490. The number of rotatable bonds is 5. The molecule has 6 atom stereocenters. The molecule has 1 aromatic rings. The molecule has 1 aromatic carbocycles.